The maximum Gasteiger partial charge on any atom is 0.260 e. The summed E-state index contributed by atoms with van der Waals surface area (Å²) in [5.74, 6) is -0.232. The molecule has 0 saturated heterocycles. The molecule has 3 aromatic rings. The van der Waals surface area contributed by atoms with Gasteiger partial charge in [0, 0.05) is 17.0 Å². The standard InChI is InChI=1S/C25H24N4O4/c1-16(2)27-23(31)15-33-19-11-9-17(10-12-19)13-26-28-22(30)14-29-21-8-4-6-18-5-3-7-20(24(18)21)25(29)32/h3-13,16H,14-15H2,1-2H3,(H,27,31)(H,28,30)/b26-13-. The van der Waals surface area contributed by atoms with Crippen molar-refractivity contribution in [3.05, 3.63) is 71.8 Å². The molecule has 2 N–H and O–H groups in total. The van der Waals surface area contributed by atoms with E-state index in [4.69, 9.17) is 4.74 Å². The highest BCUT2D eigenvalue weighted by Gasteiger charge is 2.30. The molecule has 168 valence electrons. The van der Waals surface area contributed by atoms with Crippen LogP contribution in [0.1, 0.15) is 29.8 Å². The van der Waals surface area contributed by atoms with Gasteiger partial charge in [-0.3, -0.25) is 19.3 Å². The van der Waals surface area contributed by atoms with Crippen molar-refractivity contribution in [1.82, 2.24) is 10.7 Å². The third-order valence-corrected chi connectivity index (χ3v) is 5.05. The van der Waals surface area contributed by atoms with Gasteiger partial charge >= 0.3 is 0 Å². The first-order valence-electron chi connectivity index (χ1n) is 10.6. The van der Waals surface area contributed by atoms with E-state index in [1.807, 2.05) is 44.2 Å². The van der Waals surface area contributed by atoms with Crippen molar-refractivity contribution in [1.29, 1.82) is 0 Å². The Labute approximate surface area is 191 Å². The maximum absolute atomic E-state index is 12.8. The number of carbonyl (C=O) groups is 3. The summed E-state index contributed by atoms with van der Waals surface area (Å²) in [5.41, 5.74) is 4.53. The van der Waals surface area contributed by atoms with Crippen molar-refractivity contribution in [2.75, 3.05) is 18.1 Å². The summed E-state index contributed by atoms with van der Waals surface area (Å²) in [6, 6.07) is 18.2. The average Bonchev–Trinajstić information content (AvgIpc) is 3.06. The molecule has 1 heterocycles. The molecule has 0 radical (unpaired) electrons. The molecule has 33 heavy (non-hydrogen) atoms. The lowest BCUT2D eigenvalue weighted by Gasteiger charge is -2.16. The van der Waals surface area contributed by atoms with E-state index >= 15 is 0 Å². The van der Waals surface area contributed by atoms with Crippen LogP contribution >= 0.6 is 0 Å². The van der Waals surface area contributed by atoms with Crippen LogP contribution in [-0.2, 0) is 9.59 Å². The molecule has 0 unspecified atom stereocenters. The molecule has 1 aliphatic heterocycles. The minimum absolute atomic E-state index is 0.0579. The van der Waals surface area contributed by atoms with E-state index in [0.29, 0.717) is 11.3 Å². The van der Waals surface area contributed by atoms with Crippen LogP contribution < -0.4 is 20.4 Å². The van der Waals surface area contributed by atoms with Crippen LogP contribution in [0.4, 0.5) is 5.69 Å². The van der Waals surface area contributed by atoms with Gasteiger partial charge in [-0.05, 0) is 61.2 Å². The summed E-state index contributed by atoms with van der Waals surface area (Å²) in [4.78, 5) is 38.3. The summed E-state index contributed by atoms with van der Waals surface area (Å²) in [6.45, 7) is 3.57. The van der Waals surface area contributed by atoms with Gasteiger partial charge in [0.05, 0.1) is 11.9 Å². The molecular formula is C25H24N4O4. The quantitative estimate of drug-likeness (QED) is 0.412. The Morgan fingerprint density at radius 1 is 1.03 bits per heavy atom. The molecule has 8 nitrogen and oxygen atoms in total. The fourth-order valence-corrected chi connectivity index (χ4v) is 3.66. The van der Waals surface area contributed by atoms with Crippen LogP contribution in [0.5, 0.6) is 5.75 Å². The first-order chi connectivity index (χ1) is 15.9. The molecule has 0 fully saturated rings. The van der Waals surface area contributed by atoms with Crippen LogP contribution in [0.3, 0.4) is 0 Å². The summed E-state index contributed by atoms with van der Waals surface area (Å²) >= 11 is 0. The smallest absolute Gasteiger partial charge is 0.260 e. The van der Waals surface area contributed by atoms with Gasteiger partial charge in [0.2, 0.25) is 0 Å². The van der Waals surface area contributed by atoms with E-state index in [-0.39, 0.29) is 31.0 Å². The Bertz CT molecular complexity index is 1230. The van der Waals surface area contributed by atoms with Gasteiger partial charge in [-0.1, -0.05) is 24.3 Å². The summed E-state index contributed by atoms with van der Waals surface area (Å²) < 4.78 is 5.44. The van der Waals surface area contributed by atoms with Crippen molar-refractivity contribution in [2.24, 2.45) is 5.10 Å². The lowest BCUT2D eigenvalue weighted by atomic mass is 10.1. The van der Waals surface area contributed by atoms with E-state index in [1.165, 1.54) is 11.1 Å². The number of hydrogen-bond acceptors (Lipinski definition) is 5. The highest BCUT2D eigenvalue weighted by atomic mass is 16.5. The normalized spacial score (nSPS) is 12.6. The van der Waals surface area contributed by atoms with Crippen molar-refractivity contribution in [2.45, 2.75) is 19.9 Å². The van der Waals surface area contributed by atoms with Crippen LogP contribution in [0, 0.1) is 0 Å². The van der Waals surface area contributed by atoms with Crippen LogP contribution in [0.25, 0.3) is 10.8 Å². The molecule has 0 spiro atoms. The zero-order valence-electron chi connectivity index (χ0n) is 18.4. The molecule has 0 bridgehead atoms. The maximum atomic E-state index is 12.8. The number of amides is 3. The van der Waals surface area contributed by atoms with Gasteiger partial charge in [-0.25, -0.2) is 5.43 Å². The largest absolute Gasteiger partial charge is 0.484 e. The summed E-state index contributed by atoms with van der Waals surface area (Å²) in [5, 5.41) is 8.56. The number of rotatable bonds is 8. The Morgan fingerprint density at radius 3 is 2.48 bits per heavy atom. The molecule has 8 heteroatoms. The van der Waals surface area contributed by atoms with Crippen LogP contribution in [-0.4, -0.2) is 43.1 Å². The van der Waals surface area contributed by atoms with Gasteiger partial charge in [-0.15, -0.1) is 0 Å². The van der Waals surface area contributed by atoms with Crippen molar-refractivity contribution in [3.63, 3.8) is 0 Å². The van der Waals surface area contributed by atoms with Gasteiger partial charge in [0.15, 0.2) is 6.61 Å². The van der Waals surface area contributed by atoms with Crippen LogP contribution in [0.2, 0.25) is 0 Å². The number of hydrogen-bond donors (Lipinski definition) is 2. The first kappa shape index (κ1) is 22.0. The number of nitrogens with zero attached hydrogens (tertiary/aromatic N) is 2. The zero-order valence-corrected chi connectivity index (χ0v) is 18.4. The highest BCUT2D eigenvalue weighted by Crippen LogP contribution is 2.36. The van der Waals surface area contributed by atoms with E-state index in [1.54, 1.807) is 30.3 Å². The van der Waals surface area contributed by atoms with Gasteiger partial charge in [0.1, 0.15) is 12.3 Å². The van der Waals surface area contributed by atoms with Gasteiger partial charge < -0.3 is 10.1 Å². The second-order valence-electron chi connectivity index (χ2n) is 7.95. The molecule has 0 saturated carbocycles. The zero-order chi connectivity index (χ0) is 23.4. The number of benzene rings is 3. The number of ether oxygens (including phenoxy) is 1. The Kier molecular flexibility index (Phi) is 6.35. The van der Waals surface area contributed by atoms with E-state index < -0.39 is 5.91 Å². The number of carbonyl (C=O) groups excluding carboxylic acids is 3. The molecular weight excluding hydrogens is 420 g/mol. The van der Waals surface area contributed by atoms with E-state index in [9.17, 15) is 14.4 Å². The average molecular weight is 444 g/mol. The molecule has 1 aliphatic rings. The Balaban J connectivity index is 1.31. The van der Waals surface area contributed by atoms with Crippen molar-refractivity contribution >= 4 is 40.4 Å². The molecule has 3 amide bonds. The topological polar surface area (TPSA) is 100 Å². The summed E-state index contributed by atoms with van der Waals surface area (Å²) in [6.07, 6.45) is 1.49. The van der Waals surface area contributed by atoms with E-state index in [0.717, 1.165) is 22.0 Å². The molecule has 4 rings (SSSR count). The minimum Gasteiger partial charge on any atom is -0.484 e. The fraction of sp³-hybridized carbons (Fsp3) is 0.200. The number of anilines is 1. The van der Waals surface area contributed by atoms with Gasteiger partial charge in [0.25, 0.3) is 17.7 Å². The third-order valence-electron chi connectivity index (χ3n) is 5.05. The second-order valence-corrected chi connectivity index (χ2v) is 7.95. The monoisotopic (exact) mass is 444 g/mol. The number of nitrogens with one attached hydrogen (secondary N) is 2. The molecule has 0 aliphatic carbocycles. The first-order valence-corrected chi connectivity index (χ1v) is 10.6. The third kappa shape index (κ3) is 5.01. The van der Waals surface area contributed by atoms with Crippen LogP contribution in [0.15, 0.2) is 65.8 Å². The van der Waals surface area contributed by atoms with E-state index in [2.05, 4.69) is 15.8 Å². The predicted molar refractivity (Wildman–Crippen MR) is 127 cm³/mol. The lowest BCUT2D eigenvalue weighted by molar-refractivity contribution is -0.123. The molecule has 0 atom stereocenters. The number of hydrazone groups is 1. The molecule has 0 aromatic heterocycles. The predicted octanol–water partition coefficient (Wildman–Crippen LogP) is 2.85. The van der Waals surface area contributed by atoms with Gasteiger partial charge in [-0.2, -0.15) is 5.10 Å². The highest BCUT2D eigenvalue weighted by molar-refractivity contribution is 6.26. The Hall–Kier alpha value is -4.20. The second kappa shape index (κ2) is 9.52. The SMILES string of the molecule is CC(C)NC(=O)COc1ccc(/C=N\NC(=O)CN2C(=O)c3cccc4cccc2c34)cc1. The molecule has 3 aromatic carbocycles. The van der Waals surface area contributed by atoms with Crippen molar-refractivity contribution < 1.29 is 19.1 Å². The fourth-order valence-electron chi connectivity index (χ4n) is 3.66. The summed E-state index contributed by atoms with van der Waals surface area (Å²) in [7, 11) is 0. The lowest BCUT2D eigenvalue weighted by Crippen LogP contribution is -2.37. The van der Waals surface area contributed by atoms with Crippen molar-refractivity contribution in [3.8, 4) is 5.75 Å². The minimum atomic E-state index is -0.402. The Morgan fingerprint density at radius 2 is 1.76 bits per heavy atom.